The molecular weight excluding hydrogens is 410 g/mol. The number of rotatable bonds is 8. The van der Waals surface area contributed by atoms with Gasteiger partial charge in [0, 0.05) is 28.4 Å². The molecule has 0 aliphatic rings. The summed E-state index contributed by atoms with van der Waals surface area (Å²) < 4.78 is 21.6. The maximum atomic E-state index is 12.7. The smallest absolute Gasteiger partial charge is 0.273 e. The Morgan fingerprint density at radius 2 is 1.73 bits per heavy atom. The van der Waals surface area contributed by atoms with Crippen molar-refractivity contribution in [2.45, 2.75) is 6.92 Å². The van der Waals surface area contributed by atoms with Gasteiger partial charge in [-0.05, 0) is 31.2 Å². The third-order valence-corrected chi connectivity index (χ3v) is 4.50. The maximum Gasteiger partial charge on any atom is 0.273 e. The monoisotopic (exact) mass is 431 g/mol. The predicted octanol–water partition coefficient (Wildman–Crippen LogP) is 4.41. The van der Waals surface area contributed by atoms with Gasteiger partial charge in [0.2, 0.25) is 5.75 Å². The zero-order valence-electron chi connectivity index (χ0n) is 17.0. The summed E-state index contributed by atoms with van der Waals surface area (Å²) in [6, 6.07) is 10.2. The number of nitrogens with zero attached hydrogens (tertiary/aromatic N) is 1. The molecule has 1 aromatic heterocycles. The van der Waals surface area contributed by atoms with Crippen molar-refractivity contribution in [2.24, 2.45) is 0 Å². The molecule has 0 aliphatic heterocycles. The van der Waals surface area contributed by atoms with Gasteiger partial charge >= 0.3 is 0 Å². The van der Waals surface area contributed by atoms with Crippen LogP contribution in [0.1, 0.15) is 17.4 Å². The Morgan fingerprint density at radius 1 is 1.03 bits per heavy atom. The average molecular weight is 432 g/mol. The van der Waals surface area contributed by atoms with E-state index in [0.717, 1.165) is 0 Å². The maximum absolute atomic E-state index is 12.7. The number of carbonyl (C=O) groups excluding carboxylic acids is 1. The van der Waals surface area contributed by atoms with Crippen LogP contribution in [0.15, 0.2) is 36.4 Å². The van der Waals surface area contributed by atoms with Crippen LogP contribution in [-0.2, 0) is 0 Å². The molecule has 158 valence electrons. The van der Waals surface area contributed by atoms with E-state index in [-0.39, 0.29) is 11.6 Å². The highest BCUT2D eigenvalue weighted by molar-refractivity contribution is 6.31. The number of H-pyrrole nitrogens is 1. The van der Waals surface area contributed by atoms with Crippen LogP contribution in [-0.4, -0.2) is 44.0 Å². The van der Waals surface area contributed by atoms with Gasteiger partial charge in [0.05, 0.1) is 33.6 Å². The zero-order chi connectivity index (χ0) is 21.7. The highest BCUT2D eigenvalue weighted by Crippen LogP contribution is 2.40. The first-order valence-corrected chi connectivity index (χ1v) is 9.48. The number of halogens is 1. The van der Waals surface area contributed by atoms with E-state index >= 15 is 0 Å². The molecule has 0 bridgehead atoms. The number of anilines is 1. The summed E-state index contributed by atoms with van der Waals surface area (Å²) in [4.78, 5) is 12.7. The van der Waals surface area contributed by atoms with Crippen molar-refractivity contribution in [3.8, 4) is 34.3 Å². The van der Waals surface area contributed by atoms with Crippen LogP contribution in [0.2, 0.25) is 5.02 Å². The minimum atomic E-state index is -0.386. The average Bonchev–Trinajstić information content (AvgIpc) is 3.24. The van der Waals surface area contributed by atoms with Crippen molar-refractivity contribution < 1.29 is 23.7 Å². The summed E-state index contributed by atoms with van der Waals surface area (Å²) in [6.07, 6.45) is 0. The second-order valence-corrected chi connectivity index (χ2v) is 6.54. The lowest BCUT2D eigenvalue weighted by Crippen LogP contribution is -2.12. The van der Waals surface area contributed by atoms with Crippen LogP contribution in [0, 0.1) is 0 Å². The van der Waals surface area contributed by atoms with Gasteiger partial charge in [-0.25, -0.2) is 0 Å². The SMILES string of the molecule is CCOc1ccc(Cl)cc1-c1cc(C(=O)Nc2cc(OC)c(OC)c(OC)c2)[nH]n1. The molecule has 0 unspecified atom stereocenters. The van der Waals surface area contributed by atoms with Crippen molar-refractivity contribution in [1.29, 1.82) is 0 Å². The molecule has 0 fully saturated rings. The number of hydrogen-bond donors (Lipinski definition) is 2. The van der Waals surface area contributed by atoms with E-state index in [1.807, 2.05) is 6.92 Å². The highest BCUT2D eigenvalue weighted by atomic mass is 35.5. The summed E-state index contributed by atoms with van der Waals surface area (Å²) in [5, 5.41) is 10.3. The number of benzene rings is 2. The molecule has 2 aromatic carbocycles. The van der Waals surface area contributed by atoms with Gasteiger partial charge < -0.3 is 24.3 Å². The van der Waals surface area contributed by atoms with E-state index in [2.05, 4.69) is 15.5 Å². The summed E-state index contributed by atoms with van der Waals surface area (Å²) in [5.74, 6) is 1.54. The third kappa shape index (κ3) is 4.44. The first-order valence-electron chi connectivity index (χ1n) is 9.10. The van der Waals surface area contributed by atoms with E-state index in [1.54, 1.807) is 36.4 Å². The molecule has 8 nitrogen and oxygen atoms in total. The topological polar surface area (TPSA) is 94.7 Å². The summed E-state index contributed by atoms with van der Waals surface area (Å²) in [5.41, 5.74) is 1.97. The lowest BCUT2D eigenvalue weighted by atomic mass is 10.1. The van der Waals surface area contributed by atoms with Crippen LogP contribution in [0.25, 0.3) is 11.3 Å². The molecule has 2 N–H and O–H groups in total. The molecule has 9 heteroatoms. The van der Waals surface area contributed by atoms with Gasteiger partial charge in [-0.3, -0.25) is 9.89 Å². The van der Waals surface area contributed by atoms with Crippen molar-refractivity contribution in [3.05, 3.63) is 47.1 Å². The van der Waals surface area contributed by atoms with E-state index in [0.29, 0.717) is 51.6 Å². The minimum absolute atomic E-state index is 0.265. The van der Waals surface area contributed by atoms with Crippen LogP contribution < -0.4 is 24.3 Å². The fourth-order valence-corrected chi connectivity index (χ4v) is 3.08. The van der Waals surface area contributed by atoms with Gasteiger partial charge in [-0.15, -0.1) is 0 Å². The molecule has 0 aliphatic carbocycles. The number of hydrogen-bond acceptors (Lipinski definition) is 6. The second-order valence-electron chi connectivity index (χ2n) is 6.11. The highest BCUT2D eigenvalue weighted by Gasteiger charge is 2.18. The molecule has 1 heterocycles. The molecule has 0 radical (unpaired) electrons. The fraction of sp³-hybridized carbons (Fsp3) is 0.238. The Bertz CT molecular complexity index is 1030. The van der Waals surface area contributed by atoms with Gasteiger partial charge in [0.1, 0.15) is 11.4 Å². The fourth-order valence-electron chi connectivity index (χ4n) is 2.91. The van der Waals surface area contributed by atoms with E-state index in [4.69, 9.17) is 30.5 Å². The molecule has 3 rings (SSSR count). The third-order valence-electron chi connectivity index (χ3n) is 4.26. The lowest BCUT2D eigenvalue weighted by Gasteiger charge is -2.14. The number of aromatic amines is 1. The van der Waals surface area contributed by atoms with Crippen molar-refractivity contribution in [1.82, 2.24) is 10.2 Å². The standard InChI is InChI=1S/C21H22ClN3O5/c1-5-30-17-7-6-12(22)8-14(17)15-11-16(25-24-15)21(26)23-13-9-18(27-2)20(29-4)19(10-13)28-3/h6-11H,5H2,1-4H3,(H,23,26)(H,24,25). The van der Waals surface area contributed by atoms with Crippen molar-refractivity contribution in [3.63, 3.8) is 0 Å². The minimum Gasteiger partial charge on any atom is -0.493 e. The molecular formula is C21H22ClN3O5. The Balaban J connectivity index is 1.87. The first kappa shape index (κ1) is 21.3. The Morgan fingerprint density at radius 3 is 2.33 bits per heavy atom. The number of ether oxygens (including phenoxy) is 4. The molecule has 0 spiro atoms. The van der Waals surface area contributed by atoms with Crippen LogP contribution in [0.3, 0.4) is 0 Å². The Hall–Kier alpha value is -3.39. The number of carbonyl (C=O) groups is 1. The van der Waals surface area contributed by atoms with Gasteiger partial charge in [-0.1, -0.05) is 11.6 Å². The first-order chi connectivity index (χ1) is 14.5. The Labute approximate surface area is 179 Å². The van der Waals surface area contributed by atoms with E-state index in [1.165, 1.54) is 21.3 Å². The van der Waals surface area contributed by atoms with E-state index in [9.17, 15) is 4.79 Å². The molecule has 0 saturated carbocycles. The number of nitrogens with one attached hydrogen (secondary N) is 2. The number of aromatic nitrogens is 2. The summed E-state index contributed by atoms with van der Waals surface area (Å²) in [7, 11) is 4.52. The van der Waals surface area contributed by atoms with E-state index < -0.39 is 0 Å². The largest absolute Gasteiger partial charge is 0.493 e. The Kier molecular flexibility index (Phi) is 6.68. The van der Waals surface area contributed by atoms with Crippen LogP contribution in [0.5, 0.6) is 23.0 Å². The molecule has 30 heavy (non-hydrogen) atoms. The molecule has 0 saturated heterocycles. The molecule has 0 atom stereocenters. The molecule has 1 amide bonds. The van der Waals surface area contributed by atoms with Gasteiger partial charge in [0.15, 0.2) is 11.5 Å². The van der Waals surface area contributed by atoms with Gasteiger partial charge in [-0.2, -0.15) is 5.10 Å². The zero-order valence-corrected chi connectivity index (χ0v) is 17.8. The van der Waals surface area contributed by atoms with Crippen LogP contribution >= 0.6 is 11.6 Å². The summed E-state index contributed by atoms with van der Waals surface area (Å²) >= 11 is 6.12. The van der Waals surface area contributed by atoms with Crippen LogP contribution in [0.4, 0.5) is 5.69 Å². The van der Waals surface area contributed by atoms with Crippen molar-refractivity contribution >= 4 is 23.2 Å². The predicted molar refractivity (Wildman–Crippen MR) is 114 cm³/mol. The van der Waals surface area contributed by atoms with Crippen molar-refractivity contribution in [2.75, 3.05) is 33.3 Å². The second kappa shape index (κ2) is 9.41. The number of methoxy groups -OCH3 is 3. The quantitative estimate of drug-likeness (QED) is 0.548. The summed E-state index contributed by atoms with van der Waals surface area (Å²) in [6.45, 7) is 2.38. The molecule has 3 aromatic rings. The lowest BCUT2D eigenvalue weighted by molar-refractivity contribution is 0.102. The van der Waals surface area contributed by atoms with Gasteiger partial charge in [0.25, 0.3) is 5.91 Å². The normalized spacial score (nSPS) is 10.4. The number of amides is 1.